The number of nitrogens with one attached hydrogen (secondary N) is 1. The Morgan fingerprint density at radius 3 is 2.19 bits per heavy atom. The van der Waals surface area contributed by atoms with Crippen molar-refractivity contribution in [2.75, 3.05) is 13.1 Å². The molecule has 2 aromatic carbocycles. The maximum atomic E-state index is 12.6. The van der Waals surface area contributed by atoms with Gasteiger partial charge in [-0.15, -0.1) is 0 Å². The minimum Gasteiger partial charge on any atom is -0.339 e. The molecule has 1 fully saturated rings. The third-order valence-corrected chi connectivity index (χ3v) is 6.71. The number of hydrogen-bond donors (Lipinski definition) is 1. The van der Waals surface area contributed by atoms with Gasteiger partial charge in [0.05, 0.1) is 4.90 Å². The monoisotopic (exact) mass is 386 g/mol. The maximum absolute atomic E-state index is 12.6. The van der Waals surface area contributed by atoms with Gasteiger partial charge in [-0.25, -0.2) is 13.1 Å². The Morgan fingerprint density at radius 1 is 0.963 bits per heavy atom. The van der Waals surface area contributed by atoms with E-state index in [9.17, 15) is 13.2 Å². The summed E-state index contributed by atoms with van der Waals surface area (Å²) >= 11 is 0. The van der Waals surface area contributed by atoms with E-state index in [0.717, 1.165) is 16.7 Å². The van der Waals surface area contributed by atoms with E-state index in [-0.39, 0.29) is 11.9 Å². The second kappa shape index (κ2) is 7.82. The molecule has 1 amide bonds. The summed E-state index contributed by atoms with van der Waals surface area (Å²) in [5, 5.41) is 0. The molecule has 0 radical (unpaired) electrons. The highest BCUT2D eigenvalue weighted by atomic mass is 32.2. The molecule has 3 rings (SSSR count). The van der Waals surface area contributed by atoms with Crippen LogP contribution in [0.5, 0.6) is 0 Å². The molecule has 0 bridgehead atoms. The summed E-state index contributed by atoms with van der Waals surface area (Å²) in [4.78, 5) is 14.7. The average Bonchev–Trinajstić information content (AvgIpc) is 2.64. The zero-order valence-electron chi connectivity index (χ0n) is 16.0. The van der Waals surface area contributed by atoms with Crippen molar-refractivity contribution in [2.24, 2.45) is 0 Å². The zero-order chi connectivity index (χ0) is 19.6. The molecule has 0 aromatic heterocycles. The molecule has 144 valence electrons. The first-order chi connectivity index (χ1) is 12.8. The van der Waals surface area contributed by atoms with E-state index in [1.54, 1.807) is 17.0 Å². The van der Waals surface area contributed by atoms with Crippen molar-refractivity contribution >= 4 is 15.9 Å². The number of hydrogen-bond acceptors (Lipinski definition) is 3. The van der Waals surface area contributed by atoms with Crippen LogP contribution in [0.2, 0.25) is 0 Å². The van der Waals surface area contributed by atoms with Gasteiger partial charge in [-0.3, -0.25) is 4.79 Å². The highest BCUT2D eigenvalue weighted by Crippen LogP contribution is 2.19. The molecule has 0 aliphatic carbocycles. The molecule has 0 saturated carbocycles. The van der Waals surface area contributed by atoms with Crippen molar-refractivity contribution in [1.29, 1.82) is 0 Å². The van der Waals surface area contributed by atoms with Gasteiger partial charge in [0, 0.05) is 24.7 Å². The third-order valence-electron chi connectivity index (χ3n) is 5.19. The Kier molecular flexibility index (Phi) is 5.67. The van der Waals surface area contributed by atoms with E-state index in [2.05, 4.69) is 4.72 Å². The van der Waals surface area contributed by atoms with E-state index in [1.807, 2.05) is 51.1 Å². The van der Waals surface area contributed by atoms with Crippen LogP contribution in [-0.4, -0.2) is 38.4 Å². The first kappa shape index (κ1) is 19.6. The lowest BCUT2D eigenvalue weighted by molar-refractivity contribution is 0.0711. The molecule has 5 nitrogen and oxygen atoms in total. The van der Waals surface area contributed by atoms with Crippen LogP contribution in [0, 0.1) is 20.8 Å². The number of sulfonamides is 1. The van der Waals surface area contributed by atoms with Crippen LogP contribution in [0.25, 0.3) is 0 Å². The van der Waals surface area contributed by atoms with Crippen LogP contribution in [-0.2, 0) is 10.0 Å². The van der Waals surface area contributed by atoms with Gasteiger partial charge >= 0.3 is 0 Å². The summed E-state index contributed by atoms with van der Waals surface area (Å²) in [7, 11) is -3.55. The molecule has 2 aromatic rings. The fraction of sp³-hybridized carbons (Fsp3) is 0.381. The first-order valence-corrected chi connectivity index (χ1v) is 10.7. The predicted molar refractivity (Wildman–Crippen MR) is 106 cm³/mol. The Morgan fingerprint density at radius 2 is 1.59 bits per heavy atom. The Bertz CT molecular complexity index is 928. The van der Waals surface area contributed by atoms with Gasteiger partial charge in [0.15, 0.2) is 0 Å². The molecule has 1 aliphatic heterocycles. The number of amides is 1. The van der Waals surface area contributed by atoms with E-state index in [4.69, 9.17) is 0 Å². The summed E-state index contributed by atoms with van der Waals surface area (Å²) in [6.45, 7) is 6.95. The second-order valence-electron chi connectivity index (χ2n) is 7.30. The Labute approximate surface area is 161 Å². The van der Waals surface area contributed by atoms with Crippen LogP contribution in [0.4, 0.5) is 0 Å². The molecule has 1 saturated heterocycles. The normalized spacial score (nSPS) is 15.7. The molecular formula is C21H26N2O3S. The summed E-state index contributed by atoms with van der Waals surface area (Å²) < 4.78 is 28.1. The fourth-order valence-corrected chi connectivity index (χ4v) is 4.64. The van der Waals surface area contributed by atoms with Crippen molar-refractivity contribution in [3.05, 3.63) is 64.7 Å². The SMILES string of the molecule is Cc1ccc(C(=O)N2CCC(NS(=O)(=O)c3ccc(C)c(C)c3)CC2)cc1. The molecule has 27 heavy (non-hydrogen) atoms. The van der Waals surface area contributed by atoms with Crippen LogP contribution >= 0.6 is 0 Å². The number of carbonyl (C=O) groups is 1. The maximum Gasteiger partial charge on any atom is 0.253 e. The van der Waals surface area contributed by atoms with Gasteiger partial charge in [0.2, 0.25) is 10.0 Å². The number of piperidine rings is 1. The van der Waals surface area contributed by atoms with E-state index < -0.39 is 10.0 Å². The van der Waals surface area contributed by atoms with E-state index >= 15 is 0 Å². The molecule has 0 unspecified atom stereocenters. The summed E-state index contributed by atoms with van der Waals surface area (Å²) in [6, 6.07) is 12.5. The molecule has 6 heteroatoms. The smallest absolute Gasteiger partial charge is 0.253 e. The van der Waals surface area contributed by atoms with Crippen molar-refractivity contribution < 1.29 is 13.2 Å². The van der Waals surface area contributed by atoms with Crippen molar-refractivity contribution in [3.63, 3.8) is 0 Å². The molecule has 1 aliphatic rings. The van der Waals surface area contributed by atoms with Crippen molar-refractivity contribution in [1.82, 2.24) is 9.62 Å². The van der Waals surface area contributed by atoms with Crippen LogP contribution in [0.3, 0.4) is 0 Å². The van der Waals surface area contributed by atoms with E-state index in [0.29, 0.717) is 36.4 Å². The lowest BCUT2D eigenvalue weighted by atomic mass is 10.0. The molecule has 1 N–H and O–H groups in total. The third kappa shape index (κ3) is 4.57. The van der Waals surface area contributed by atoms with Gasteiger partial charge in [0.1, 0.15) is 0 Å². The lowest BCUT2D eigenvalue weighted by Gasteiger charge is -2.32. The highest BCUT2D eigenvalue weighted by Gasteiger charge is 2.27. The van der Waals surface area contributed by atoms with E-state index in [1.165, 1.54) is 0 Å². The van der Waals surface area contributed by atoms with Gasteiger partial charge in [-0.2, -0.15) is 0 Å². The zero-order valence-corrected chi connectivity index (χ0v) is 16.8. The molecule has 1 heterocycles. The number of benzene rings is 2. The van der Waals surface area contributed by atoms with Gasteiger partial charge in [-0.1, -0.05) is 23.8 Å². The number of nitrogens with zero attached hydrogens (tertiary/aromatic N) is 1. The first-order valence-electron chi connectivity index (χ1n) is 9.22. The Balaban J connectivity index is 1.61. The van der Waals surface area contributed by atoms with Gasteiger partial charge in [0.25, 0.3) is 5.91 Å². The van der Waals surface area contributed by atoms with Crippen LogP contribution in [0.15, 0.2) is 47.4 Å². The largest absolute Gasteiger partial charge is 0.339 e. The number of carbonyl (C=O) groups excluding carboxylic acids is 1. The summed E-state index contributed by atoms with van der Waals surface area (Å²) in [5.74, 6) is 0.00506. The highest BCUT2D eigenvalue weighted by molar-refractivity contribution is 7.89. The van der Waals surface area contributed by atoms with Crippen LogP contribution in [0.1, 0.15) is 39.9 Å². The topological polar surface area (TPSA) is 66.5 Å². The number of likely N-dealkylation sites (tertiary alicyclic amines) is 1. The standard InChI is InChI=1S/C21H26N2O3S/c1-15-4-7-18(8-5-15)21(24)23-12-10-19(11-13-23)22-27(25,26)20-9-6-16(2)17(3)14-20/h4-9,14,19,22H,10-13H2,1-3H3. The summed E-state index contributed by atoms with van der Waals surface area (Å²) in [6.07, 6.45) is 1.23. The van der Waals surface area contributed by atoms with Crippen molar-refractivity contribution in [2.45, 2.75) is 44.6 Å². The lowest BCUT2D eigenvalue weighted by Crippen LogP contribution is -2.46. The number of aryl methyl sites for hydroxylation is 3. The van der Waals surface area contributed by atoms with Gasteiger partial charge in [-0.05, 0) is 69.0 Å². The minimum atomic E-state index is -3.55. The predicted octanol–water partition coefficient (Wildman–Crippen LogP) is 3.19. The summed E-state index contributed by atoms with van der Waals surface area (Å²) in [5.41, 5.74) is 3.81. The average molecular weight is 387 g/mol. The molecule has 0 spiro atoms. The van der Waals surface area contributed by atoms with Gasteiger partial charge < -0.3 is 4.90 Å². The number of rotatable bonds is 4. The minimum absolute atomic E-state index is 0.00506. The quantitative estimate of drug-likeness (QED) is 0.877. The molecule has 0 atom stereocenters. The fourth-order valence-electron chi connectivity index (χ4n) is 3.25. The van der Waals surface area contributed by atoms with Crippen molar-refractivity contribution in [3.8, 4) is 0 Å². The molecular weight excluding hydrogens is 360 g/mol. The van der Waals surface area contributed by atoms with Crippen LogP contribution < -0.4 is 4.72 Å². The second-order valence-corrected chi connectivity index (χ2v) is 9.01. The Hall–Kier alpha value is -2.18.